The maximum atomic E-state index is 4.27. The molecule has 0 spiro atoms. The quantitative estimate of drug-likeness (QED) is 0.777. The monoisotopic (exact) mass is 212 g/mol. The third-order valence-electron chi connectivity index (χ3n) is 1.69. The summed E-state index contributed by atoms with van der Waals surface area (Å²) in [4.78, 5) is 8.31. The van der Waals surface area contributed by atoms with Gasteiger partial charge in [-0.05, 0) is 19.2 Å². The molecule has 0 aliphatic rings. The molecule has 0 radical (unpaired) electrons. The first-order valence-corrected chi connectivity index (χ1v) is 5.92. The molecular weight excluding hydrogens is 196 g/mol. The molecule has 1 aromatic rings. The van der Waals surface area contributed by atoms with Crippen LogP contribution in [0.5, 0.6) is 0 Å². The third kappa shape index (κ3) is 3.41. The van der Waals surface area contributed by atoms with Crippen LogP contribution in [0.25, 0.3) is 0 Å². The van der Waals surface area contributed by atoms with Gasteiger partial charge in [-0.1, -0.05) is 0 Å². The number of nitrogens with zero attached hydrogens (tertiary/aromatic N) is 2. The van der Waals surface area contributed by atoms with Gasteiger partial charge in [0.15, 0.2) is 0 Å². The highest BCUT2D eigenvalue weighted by Gasteiger charge is 2.02. The van der Waals surface area contributed by atoms with E-state index in [1.54, 1.807) is 6.20 Å². The number of hydrogen-bond donors (Lipinski definition) is 2. The van der Waals surface area contributed by atoms with E-state index >= 15 is 0 Å². The highest BCUT2D eigenvalue weighted by atomic mass is 32.2. The summed E-state index contributed by atoms with van der Waals surface area (Å²) < 4.78 is 0. The minimum absolute atomic E-state index is 0.421. The van der Waals surface area contributed by atoms with E-state index in [-0.39, 0.29) is 0 Å². The number of hydrogen-bond acceptors (Lipinski definition) is 5. The van der Waals surface area contributed by atoms with Gasteiger partial charge in [0.05, 0.1) is 0 Å². The molecule has 0 bridgehead atoms. The molecule has 0 aliphatic carbocycles. The molecule has 78 valence electrons. The van der Waals surface area contributed by atoms with Gasteiger partial charge in [-0.25, -0.2) is 4.98 Å². The standard InChI is InChI=1S/C9H16N4S/c1-7(6-14-3)12-8-4-5-11-9(10-2)13-8/h4-5,7H,6H2,1-3H3,(H2,10,11,12,13). The van der Waals surface area contributed by atoms with E-state index in [1.165, 1.54) is 0 Å². The lowest BCUT2D eigenvalue weighted by atomic mass is 10.4. The third-order valence-corrected chi connectivity index (χ3v) is 2.52. The highest BCUT2D eigenvalue weighted by molar-refractivity contribution is 7.98. The molecule has 1 atom stereocenters. The van der Waals surface area contributed by atoms with Crippen LogP contribution < -0.4 is 10.6 Å². The zero-order valence-electron chi connectivity index (χ0n) is 8.74. The summed E-state index contributed by atoms with van der Waals surface area (Å²) in [6, 6.07) is 2.29. The van der Waals surface area contributed by atoms with Crippen molar-refractivity contribution in [2.75, 3.05) is 29.7 Å². The van der Waals surface area contributed by atoms with Gasteiger partial charge in [0.2, 0.25) is 5.95 Å². The number of anilines is 2. The Labute approximate surface area is 88.9 Å². The van der Waals surface area contributed by atoms with Crippen LogP contribution in [0.2, 0.25) is 0 Å². The van der Waals surface area contributed by atoms with E-state index in [0.29, 0.717) is 12.0 Å². The van der Waals surface area contributed by atoms with Crippen molar-refractivity contribution in [3.63, 3.8) is 0 Å². The second-order valence-corrected chi connectivity index (χ2v) is 3.93. The minimum Gasteiger partial charge on any atom is -0.367 e. The predicted octanol–water partition coefficient (Wildman–Crippen LogP) is 1.68. The lowest BCUT2D eigenvalue weighted by molar-refractivity contribution is 0.900. The summed E-state index contributed by atoms with van der Waals surface area (Å²) in [7, 11) is 1.81. The second-order valence-electron chi connectivity index (χ2n) is 3.02. The number of aromatic nitrogens is 2. The van der Waals surface area contributed by atoms with Crippen molar-refractivity contribution < 1.29 is 0 Å². The van der Waals surface area contributed by atoms with Crippen molar-refractivity contribution in [1.29, 1.82) is 0 Å². The van der Waals surface area contributed by atoms with Crippen molar-refractivity contribution in [1.82, 2.24) is 9.97 Å². The summed E-state index contributed by atoms with van der Waals surface area (Å²) >= 11 is 1.82. The molecule has 0 amide bonds. The van der Waals surface area contributed by atoms with Crippen LogP contribution in [0.3, 0.4) is 0 Å². The molecular formula is C9H16N4S. The van der Waals surface area contributed by atoms with Crippen LogP contribution in [0, 0.1) is 0 Å². The lowest BCUT2D eigenvalue weighted by Gasteiger charge is -2.13. The largest absolute Gasteiger partial charge is 0.367 e. The Hall–Kier alpha value is -0.970. The summed E-state index contributed by atoms with van der Waals surface area (Å²) in [5.74, 6) is 2.58. The zero-order chi connectivity index (χ0) is 10.4. The van der Waals surface area contributed by atoms with Crippen LogP contribution in [-0.2, 0) is 0 Å². The van der Waals surface area contributed by atoms with Crippen LogP contribution in [0.1, 0.15) is 6.92 Å². The highest BCUT2D eigenvalue weighted by Crippen LogP contribution is 2.08. The van der Waals surface area contributed by atoms with E-state index in [2.05, 4.69) is 33.8 Å². The smallest absolute Gasteiger partial charge is 0.224 e. The Balaban J connectivity index is 2.57. The summed E-state index contributed by atoms with van der Waals surface area (Å²) in [5.41, 5.74) is 0. The normalized spacial score (nSPS) is 12.2. The Morgan fingerprint density at radius 1 is 1.57 bits per heavy atom. The molecule has 0 saturated heterocycles. The molecule has 0 fully saturated rings. The first-order chi connectivity index (χ1) is 6.76. The fraction of sp³-hybridized carbons (Fsp3) is 0.556. The number of rotatable bonds is 5. The molecule has 0 aromatic carbocycles. The van der Waals surface area contributed by atoms with E-state index in [4.69, 9.17) is 0 Å². The van der Waals surface area contributed by atoms with Crippen LogP contribution in [0.4, 0.5) is 11.8 Å². The first kappa shape index (κ1) is 11.1. The zero-order valence-corrected chi connectivity index (χ0v) is 9.56. The lowest BCUT2D eigenvalue weighted by Crippen LogP contribution is -2.18. The van der Waals surface area contributed by atoms with Crippen molar-refractivity contribution in [2.24, 2.45) is 0 Å². The molecule has 5 heteroatoms. The van der Waals surface area contributed by atoms with Gasteiger partial charge in [0.1, 0.15) is 5.82 Å². The molecule has 1 unspecified atom stereocenters. The molecule has 1 heterocycles. The molecule has 14 heavy (non-hydrogen) atoms. The average Bonchev–Trinajstić information content (AvgIpc) is 2.18. The predicted molar refractivity (Wildman–Crippen MR) is 63.0 cm³/mol. The molecule has 1 rings (SSSR count). The van der Waals surface area contributed by atoms with Crippen molar-refractivity contribution in [2.45, 2.75) is 13.0 Å². The minimum atomic E-state index is 0.421. The van der Waals surface area contributed by atoms with Gasteiger partial charge in [0.25, 0.3) is 0 Å². The Morgan fingerprint density at radius 3 is 3.00 bits per heavy atom. The second kappa shape index (κ2) is 5.70. The number of nitrogens with one attached hydrogen (secondary N) is 2. The fourth-order valence-electron chi connectivity index (χ4n) is 1.10. The van der Waals surface area contributed by atoms with Crippen LogP contribution in [-0.4, -0.2) is 35.1 Å². The van der Waals surface area contributed by atoms with Gasteiger partial charge in [0, 0.05) is 25.0 Å². The Bertz CT molecular complexity index is 279. The molecule has 1 aromatic heterocycles. The van der Waals surface area contributed by atoms with Gasteiger partial charge in [-0.15, -0.1) is 0 Å². The van der Waals surface area contributed by atoms with Gasteiger partial charge in [-0.2, -0.15) is 16.7 Å². The van der Waals surface area contributed by atoms with Crippen LogP contribution >= 0.6 is 11.8 Å². The molecule has 2 N–H and O–H groups in total. The van der Waals surface area contributed by atoms with Crippen LogP contribution in [0.15, 0.2) is 12.3 Å². The van der Waals surface area contributed by atoms with Gasteiger partial charge < -0.3 is 10.6 Å². The van der Waals surface area contributed by atoms with E-state index in [9.17, 15) is 0 Å². The van der Waals surface area contributed by atoms with Gasteiger partial charge >= 0.3 is 0 Å². The Kier molecular flexibility index (Phi) is 4.52. The van der Waals surface area contributed by atoms with Crippen molar-refractivity contribution in [3.8, 4) is 0 Å². The first-order valence-electron chi connectivity index (χ1n) is 4.52. The SMILES string of the molecule is CNc1nccc(NC(C)CSC)n1. The summed E-state index contributed by atoms with van der Waals surface area (Å²) in [6.45, 7) is 2.14. The van der Waals surface area contributed by atoms with E-state index < -0.39 is 0 Å². The average molecular weight is 212 g/mol. The summed E-state index contributed by atoms with van der Waals surface area (Å²) in [5, 5.41) is 6.21. The topological polar surface area (TPSA) is 49.8 Å². The molecule has 0 saturated carbocycles. The maximum absolute atomic E-state index is 4.27. The van der Waals surface area contributed by atoms with E-state index in [0.717, 1.165) is 11.6 Å². The summed E-state index contributed by atoms with van der Waals surface area (Å²) in [6.07, 6.45) is 3.84. The molecule has 4 nitrogen and oxygen atoms in total. The van der Waals surface area contributed by atoms with Crippen molar-refractivity contribution in [3.05, 3.63) is 12.3 Å². The maximum Gasteiger partial charge on any atom is 0.224 e. The van der Waals surface area contributed by atoms with E-state index in [1.807, 2.05) is 24.9 Å². The van der Waals surface area contributed by atoms with Crippen molar-refractivity contribution >= 4 is 23.5 Å². The fourth-order valence-corrected chi connectivity index (χ4v) is 1.69. The molecule has 0 aliphatic heterocycles. The van der Waals surface area contributed by atoms with Gasteiger partial charge in [-0.3, -0.25) is 0 Å². The Morgan fingerprint density at radius 2 is 2.36 bits per heavy atom. The number of thioether (sulfide) groups is 1.